The third-order valence-corrected chi connectivity index (χ3v) is 6.77. The van der Waals surface area contributed by atoms with Crippen molar-refractivity contribution in [2.75, 3.05) is 10.6 Å². The summed E-state index contributed by atoms with van der Waals surface area (Å²) in [5, 5.41) is 5.85. The molecule has 0 fully saturated rings. The summed E-state index contributed by atoms with van der Waals surface area (Å²) < 4.78 is 25.6. The minimum atomic E-state index is -3.68. The van der Waals surface area contributed by atoms with Gasteiger partial charge < -0.3 is 10.6 Å². The number of nitrogens with one attached hydrogen (secondary N) is 2. The van der Waals surface area contributed by atoms with Crippen LogP contribution in [0.3, 0.4) is 0 Å². The molecule has 0 aliphatic rings. The highest BCUT2D eigenvalue weighted by molar-refractivity contribution is 7.90. The van der Waals surface area contributed by atoms with Crippen LogP contribution in [0.1, 0.15) is 22.8 Å². The number of halogens is 2. The number of ketones is 1. The zero-order chi connectivity index (χ0) is 22.6. The Labute approximate surface area is 190 Å². The molecule has 0 saturated heterocycles. The van der Waals surface area contributed by atoms with Crippen LogP contribution in [0.2, 0.25) is 10.0 Å². The number of hydrogen-bond acceptors (Lipinski definition) is 4. The van der Waals surface area contributed by atoms with E-state index in [1.165, 1.54) is 25.1 Å². The largest absolute Gasteiger partial charge is 0.323 e. The number of benzene rings is 3. The van der Waals surface area contributed by atoms with Crippen molar-refractivity contribution in [1.29, 1.82) is 0 Å². The second kappa shape index (κ2) is 9.51. The van der Waals surface area contributed by atoms with E-state index in [0.29, 0.717) is 27.5 Å². The average molecular weight is 477 g/mol. The molecule has 0 bridgehead atoms. The lowest BCUT2D eigenvalue weighted by molar-refractivity contribution is 0.101. The van der Waals surface area contributed by atoms with Crippen LogP contribution in [-0.4, -0.2) is 20.2 Å². The van der Waals surface area contributed by atoms with Crippen LogP contribution in [-0.2, 0) is 15.6 Å². The molecule has 0 aliphatic carbocycles. The molecule has 0 heterocycles. The fourth-order valence-corrected chi connectivity index (χ4v) is 4.48. The molecular formula is C22H18Cl2N2O4S. The first-order chi connectivity index (χ1) is 14.6. The van der Waals surface area contributed by atoms with Crippen molar-refractivity contribution in [3.05, 3.63) is 87.9 Å². The van der Waals surface area contributed by atoms with E-state index < -0.39 is 15.9 Å². The molecule has 0 spiro atoms. The van der Waals surface area contributed by atoms with Gasteiger partial charge in [0.05, 0.1) is 20.7 Å². The molecule has 3 aromatic rings. The predicted octanol–water partition coefficient (Wildman–Crippen LogP) is 5.81. The SMILES string of the molecule is CC(=O)c1ccc(NC(=O)Nc2cccc(S(=O)(=O)Cc3ccc(Cl)c(Cl)c3)c2)cc1. The fraction of sp³-hybridized carbons (Fsp3) is 0.0909. The quantitative estimate of drug-likeness (QED) is 0.438. The van der Waals surface area contributed by atoms with E-state index >= 15 is 0 Å². The van der Waals surface area contributed by atoms with Crippen LogP contribution in [0.25, 0.3) is 0 Å². The summed E-state index contributed by atoms with van der Waals surface area (Å²) in [6.45, 7) is 1.46. The first-order valence-electron chi connectivity index (χ1n) is 9.10. The first-order valence-corrected chi connectivity index (χ1v) is 11.5. The molecule has 31 heavy (non-hydrogen) atoms. The van der Waals surface area contributed by atoms with Crippen LogP contribution in [0.4, 0.5) is 16.2 Å². The Kier molecular flexibility index (Phi) is 7.00. The van der Waals surface area contributed by atoms with Crippen molar-refractivity contribution in [3.63, 3.8) is 0 Å². The number of urea groups is 1. The summed E-state index contributed by atoms with van der Waals surface area (Å²) in [6.07, 6.45) is 0. The first kappa shape index (κ1) is 22.8. The Bertz CT molecular complexity index is 1240. The predicted molar refractivity (Wildman–Crippen MR) is 123 cm³/mol. The molecular weight excluding hydrogens is 459 g/mol. The van der Waals surface area contributed by atoms with Gasteiger partial charge in [-0.2, -0.15) is 0 Å². The molecule has 6 nitrogen and oxygen atoms in total. The number of sulfone groups is 1. The van der Waals surface area contributed by atoms with Gasteiger partial charge in [-0.3, -0.25) is 4.79 Å². The highest BCUT2D eigenvalue weighted by Crippen LogP contribution is 2.26. The van der Waals surface area contributed by atoms with Crippen molar-refractivity contribution in [1.82, 2.24) is 0 Å². The van der Waals surface area contributed by atoms with Gasteiger partial charge in [-0.15, -0.1) is 0 Å². The van der Waals surface area contributed by atoms with Crippen LogP contribution < -0.4 is 10.6 Å². The summed E-state index contributed by atoms with van der Waals surface area (Å²) >= 11 is 11.8. The van der Waals surface area contributed by atoms with E-state index in [9.17, 15) is 18.0 Å². The lowest BCUT2D eigenvalue weighted by Crippen LogP contribution is -2.19. The second-order valence-electron chi connectivity index (χ2n) is 6.75. The lowest BCUT2D eigenvalue weighted by Gasteiger charge is -2.10. The van der Waals surface area contributed by atoms with Crippen LogP contribution in [0.15, 0.2) is 71.6 Å². The van der Waals surface area contributed by atoms with Gasteiger partial charge in [0.2, 0.25) is 0 Å². The number of hydrogen-bond donors (Lipinski definition) is 2. The molecule has 0 aromatic heterocycles. The molecule has 160 valence electrons. The summed E-state index contributed by atoms with van der Waals surface area (Å²) in [4.78, 5) is 23.6. The maximum absolute atomic E-state index is 12.8. The molecule has 2 N–H and O–H groups in total. The minimum Gasteiger partial charge on any atom is -0.308 e. The topological polar surface area (TPSA) is 92.3 Å². The Balaban J connectivity index is 1.70. The van der Waals surface area contributed by atoms with Gasteiger partial charge in [-0.25, -0.2) is 13.2 Å². The van der Waals surface area contributed by atoms with Gasteiger partial charge in [0, 0.05) is 16.9 Å². The molecule has 2 amide bonds. The molecule has 0 unspecified atom stereocenters. The van der Waals surface area contributed by atoms with E-state index in [1.807, 2.05) is 0 Å². The average Bonchev–Trinajstić information content (AvgIpc) is 2.71. The number of carbonyl (C=O) groups is 2. The minimum absolute atomic E-state index is 0.0576. The fourth-order valence-electron chi connectivity index (χ4n) is 2.78. The Hall–Kier alpha value is -2.87. The number of Topliss-reactive ketones (excluding diaryl/α,β-unsaturated/α-hetero) is 1. The standard InChI is InChI=1S/C22H18Cl2N2O4S/c1-14(27)16-6-8-17(9-7-16)25-22(28)26-18-3-2-4-19(12-18)31(29,30)13-15-5-10-20(23)21(24)11-15/h2-12H,13H2,1H3,(H2,25,26,28). The highest BCUT2D eigenvalue weighted by atomic mass is 35.5. The zero-order valence-corrected chi connectivity index (χ0v) is 18.7. The summed E-state index contributed by atoms with van der Waals surface area (Å²) in [7, 11) is -3.68. The maximum atomic E-state index is 12.8. The molecule has 9 heteroatoms. The normalized spacial score (nSPS) is 11.1. The van der Waals surface area contributed by atoms with Crippen molar-refractivity contribution < 1.29 is 18.0 Å². The lowest BCUT2D eigenvalue weighted by atomic mass is 10.1. The van der Waals surface area contributed by atoms with E-state index in [4.69, 9.17) is 23.2 Å². The van der Waals surface area contributed by atoms with Crippen LogP contribution in [0.5, 0.6) is 0 Å². The van der Waals surface area contributed by atoms with E-state index in [1.54, 1.807) is 48.5 Å². The molecule has 0 saturated carbocycles. The van der Waals surface area contributed by atoms with Crippen molar-refractivity contribution >= 4 is 56.2 Å². The molecule has 0 radical (unpaired) electrons. The Morgan fingerprint density at radius 3 is 2.16 bits per heavy atom. The summed E-state index contributed by atoms with van der Waals surface area (Å²) in [5.41, 5.74) is 1.84. The third-order valence-electron chi connectivity index (χ3n) is 4.34. The zero-order valence-electron chi connectivity index (χ0n) is 16.4. The highest BCUT2D eigenvalue weighted by Gasteiger charge is 2.17. The van der Waals surface area contributed by atoms with Gasteiger partial charge in [-0.1, -0.05) is 35.3 Å². The monoisotopic (exact) mass is 476 g/mol. The van der Waals surface area contributed by atoms with Gasteiger partial charge in [0.25, 0.3) is 0 Å². The van der Waals surface area contributed by atoms with Crippen molar-refractivity contribution in [2.24, 2.45) is 0 Å². The molecule has 0 atom stereocenters. The number of carbonyl (C=O) groups excluding carboxylic acids is 2. The van der Waals surface area contributed by atoms with E-state index in [0.717, 1.165) is 0 Å². The molecule has 3 aromatic carbocycles. The van der Waals surface area contributed by atoms with Crippen LogP contribution >= 0.6 is 23.2 Å². The summed E-state index contributed by atoms with van der Waals surface area (Å²) in [6, 6.07) is 16.5. The van der Waals surface area contributed by atoms with Gasteiger partial charge in [0.1, 0.15) is 0 Å². The number of rotatable bonds is 6. The Morgan fingerprint density at radius 1 is 0.839 bits per heavy atom. The number of anilines is 2. The third kappa shape index (κ3) is 6.07. The molecule has 0 aliphatic heterocycles. The van der Waals surface area contributed by atoms with Gasteiger partial charge in [-0.05, 0) is 67.1 Å². The maximum Gasteiger partial charge on any atom is 0.323 e. The van der Waals surface area contributed by atoms with Crippen LogP contribution in [0, 0.1) is 0 Å². The second-order valence-corrected chi connectivity index (χ2v) is 9.55. The van der Waals surface area contributed by atoms with Crippen molar-refractivity contribution in [2.45, 2.75) is 17.6 Å². The van der Waals surface area contributed by atoms with E-state index in [-0.39, 0.29) is 21.5 Å². The summed E-state index contributed by atoms with van der Waals surface area (Å²) in [5.74, 6) is -0.336. The number of amides is 2. The van der Waals surface area contributed by atoms with E-state index in [2.05, 4.69) is 10.6 Å². The van der Waals surface area contributed by atoms with Gasteiger partial charge in [0.15, 0.2) is 15.6 Å². The Morgan fingerprint density at radius 2 is 1.52 bits per heavy atom. The molecule has 3 rings (SSSR count). The van der Waals surface area contributed by atoms with Crippen molar-refractivity contribution in [3.8, 4) is 0 Å². The van der Waals surface area contributed by atoms with Gasteiger partial charge >= 0.3 is 6.03 Å². The smallest absolute Gasteiger partial charge is 0.308 e.